The molecule has 0 fully saturated rings. The van der Waals surface area contributed by atoms with Crippen molar-refractivity contribution in [3.8, 4) is 0 Å². The van der Waals surface area contributed by atoms with Crippen LogP contribution in [0.2, 0.25) is 0 Å². The standard InChI is InChI=1S/C21H16BrFN2/c22-17-10-6-15(7-11-17)20-14-21(16-8-12-18(23)13-9-16)25(24-20)19-4-2-1-3-5-19/h1-13,21H,14H2/t21-/m1/s1. The summed E-state index contributed by atoms with van der Waals surface area (Å²) in [6, 6.07) is 25.0. The van der Waals surface area contributed by atoms with Crippen molar-refractivity contribution in [2.75, 3.05) is 5.01 Å². The van der Waals surface area contributed by atoms with E-state index in [1.54, 1.807) is 0 Å². The zero-order chi connectivity index (χ0) is 17.2. The zero-order valence-electron chi connectivity index (χ0n) is 13.4. The lowest BCUT2D eigenvalue weighted by molar-refractivity contribution is 0.624. The Balaban J connectivity index is 1.73. The van der Waals surface area contributed by atoms with Crippen molar-refractivity contribution in [3.63, 3.8) is 0 Å². The van der Waals surface area contributed by atoms with E-state index in [-0.39, 0.29) is 11.9 Å². The van der Waals surface area contributed by atoms with Gasteiger partial charge in [0.25, 0.3) is 0 Å². The SMILES string of the molecule is Fc1ccc([C@H]2CC(c3ccc(Br)cc3)=NN2c2ccccc2)cc1. The second-order valence-corrected chi connectivity index (χ2v) is 6.92. The lowest BCUT2D eigenvalue weighted by Gasteiger charge is -2.23. The predicted molar refractivity (Wildman–Crippen MR) is 103 cm³/mol. The van der Waals surface area contributed by atoms with Crippen LogP contribution >= 0.6 is 15.9 Å². The Labute approximate surface area is 154 Å². The maximum absolute atomic E-state index is 13.3. The van der Waals surface area contributed by atoms with Crippen LogP contribution in [0.3, 0.4) is 0 Å². The summed E-state index contributed by atoms with van der Waals surface area (Å²) < 4.78 is 14.4. The van der Waals surface area contributed by atoms with Crippen LogP contribution in [-0.4, -0.2) is 5.71 Å². The molecule has 0 amide bonds. The van der Waals surface area contributed by atoms with Crippen molar-refractivity contribution < 1.29 is 4.39 Å². The Hall–Kier alpha value is -2.46. The van der Waals surface area contributed by atoms with Crippen molar-refractivity contribution in [3.05, 3.63) is 100 Å². The number of hydrogen-bond acceptors (Lipinski definition) is 2. The lowest BCUT2D eigenvalue weighted by Crippen LogP contribution is -2.18. The Kier molecular flexibility index (Phi) is 4.36. The Morgan fingerprint density at radius 2 is 1.56 bits per heavy atom. The largest absolute Gasteiger partial charge is 0.257 e. The maximum atomic E-state index is 13.3. The van der Waals surface area contributed by atoms with Crippen LogP contribution in [0.4, 0.5) is 10.1 Å². The van der Waals surface area contributed by atoms with E-state index in [1.165, 1.54) is 12.1 Å². The summed E-state index contributed by atoms with van der Waals surface area (Å²) in [6.07, 6.45) is 0.780. The van der Waals surface area contributed by atoms with Gasteiger partial charge in [-0.3, -0.25) is 5.01 Å². The molecule has 1 atom stereocenters. The second-order valence-electron chi connectivity index (χ2n) is 6.01. The Morgan fingerprint density at radius 1 is 0.880 bits per heavy atom. The van der Waals surface area contributed by atoms with E-state index < -0.39 is 0 Å². The Bertz CT molecular complexity index is 889. The van der Waals surface area contributed by atoms with Gasteiger partial charge in [-0.25, -0.2) is 4.39 Å². The first-order valence-electron chi connectivity index (χ1n) is 8.14. The highest BCUT2D eigenvalue weighted by Gasteiger charge is 2.29. The van der Waals surface area contributed by atoms with Crippen LogP contribution in [0.5, 0.6) is 0 Å². The zero-order valence-corrected chi connectivity index (χ0v) is 15.0. The van der Waals surface area contributed by atoms with Gasteiger partial charge in [0.2, 0.25) is 0 Å². The summed E-state index contributed by atoms with van der Waals surface area (Å²) in [6.45, 7) is 0. The van der Waals surface area contributed by atoms with Gasteiger partial charge >= 0.3 is 0 Å². The maximum Gasteiger partial charge on any atom is 0.123 e. The van der Waals surface area contributed by atoms with Crippen molar-refractivity contribution in [1.29, 1.82) is 0 Å². The van der Waals surface area contributed by atoms with E-state index in [4.69, 9.17) is 5.10 Å². The highest BCUT2D eigenvalue weighted by molar-refractivity contribution is 9.10. The van der Waals surface area contributed by atoms with Crippen molar-refractivity contribution in [2.24, 2.45) is 5.10 Å². The van der Waals surface area contributed by atoms with Crippen LogP contribution in [0, 0.1) is 5.82 Å². The first kappa shape index (κ1) is 16.0. The third kappa shape index (κ3) is 3.35. The monoisotopic (exact) mass is 394 g/mol. The summed E-state index contributed by atoms with van der Waals surface area (Å²) in [5.41, 5.74) is 4.23. The minimum Gasteiger partial charge on any atom is -0.257 e. The quantitative estimate of drug-likeness (QED) is 0.536. The van der Waals surface area contributed by atoms with E-state index in [1.807, 2.05) is 59.6 Å². The second kappa shape index (κ2) is 6.81. The molecule has 0 aromatic heterocycles. The first-order valence-corrected chi connectivity index (χ1v) is 8.93. The van der Waals surface area contributed by atoms with E-state index in [2.05, 4.69) is 28.1 Å². The molecule has 4 rings (SSSR count). The molecule has 25 heavy (non-hydrogen) atoms. The van der Waals surface area contributed by atoms with Gasteiger partial charge in [-0.1, -0.05) is 58.4 Å². The molecule has 2 nitrogen and oxygen atoms in total. The molecule has 0 N–H and O–H groups in total. The topological polar surface area (TPSA) is 15.6 Å². The Morgan fingerprint density at radius 3 is 2.24 bits per heavy atom. The average molecular weight is 395 g/mol. The lowest BCUT2D eigenvalue weighted by atomic mass is 9.98. The molecule has 1 heterocycles. The fourth-order valence-electron chi connectivity index (χ4n) is 3.09. The van der Waals surface area contributed by atoms with Gasteiger partial charge in [-0.2, -0.15) is 5.10 Å². The van der Waals surface area contributed by atoms with Gasteiger partial charge < -0.3 is 0 Å². The summed E-state index contributed by atoms with van der Waals surface area (Å²) >= 11 is 3.47. The molecule has 1 aliphatic heterocycles. The number of halogens is 2. The molecule has 3 aromatic carbocycles. The molecule has 1 aliphatic rings. The normalized spacial score (nSPS) is 16.8. The van der Waals surface area contributed by atoms with E-state index >= 15 is 0 Å². The molecule has 0 saturated carbocycles. The van der Waals surface area contributed by atoms with Gasteiger partial charge in [-0.05, 0) is 47.5 Å². The molecule has 0 spiro atoms. The minimum atomic E-state index is -0.220. The number of nitrogens with zero attached hydrogens (tertiary/aromatic N) is 2. The van der Waals surface area contributed by atoms with E-state index in [0.29, 0.717) is 0 Å². The van der Waals surface area contributed by atoms with Crippen LogP contribution in [0.1, 0.15) is 23.6 Å². The number of anilines is 1. The van der Waals surface area contributed by atoms with Crippen LogP contribution in [-0.2, 0) is 0 Å². The molecule has 3 aromatic rings. The van der Waals surface area contributed by atoms with Crippen molar-refractivity contribution >= 4 is 27.3 Å². The van der Waals surface area contributed by atoms with Gasteiger partial charge in [0.05, 0.1) is 17.4 Å². The molecule has 0 bridgehead atoms. The number of hydrazone groups is 1. The molecule has 0 radical (unpaired) electrons. The number of para-hydroxylation sites is 1. The van der Waals surface area contributed by atoms with Crippen LogP contribution in [0.25, 0.3) is 0 Å². The highest BCUT2D eigenvalue weighted by atomic mass is 79.9. The molecule has 0 aliphatic carbocycles. The summed E-state index contributed by atoms with van der Waals surface area (Å²) in [5.74, 6) is -0.220. The van der Waals surface area contributed by atoms with Crippen LogP contribution in [0.15, 0.2) is 88.4 Å². The van der Waals surface area contributed by atoms with Crippen molar-refractivity contribution in [1.82, 2.24) is 0 Å². The highest BCUT2D eigenvalue weighted by Crippen LogP contribution is 2.36. The molecule has 124 valence electrons. The average Bonchev–Trinajstić information content (AvgIpc) is 3.09. The predicted octanol–water partition coefficient (Wildman–Crippen LogP) is 5.94. The van der Waals surface area contributed by atoms with Gasteiger partial charge in [0.1, 0.15) is 5.82 Å². The van der Waals surface area contributed by atoms with Gasteiger partial charge in [0, 0.05) is 10.9 Å². The number of hydrogen-bond donors (Lipinski definition) is 0. The first-order chi connectivity index (χ1) is 12.2. The summed E-state index contributed by atoms with van der Waals surface area (Å²) in [7, 11) is 0. The summed E-state index contributed by atoms with van der Waals surface area (Å²) in [5, 5.41) is 6.91. The number of benzene rings is 3. The molecule has 0 saturated heterocycles. The minimum absolute atomic E-state index is 0.0571. The van der Waals surface area contributed by atoms with Crippen molar-refractivity contribution in [2.45, 2.75) is 12.5 Å². The number of rotatable bonds is 3. The van der Waals surface area contributed by atoms with Gasteiger partial charge in [0.15, 0.2) is 0 Å². The third-order valence-electron chi connectivity index (χ3n) is 4.36. The fourth-order valence-corrected chi connectivity index (χ4v) is 3.35. The fraction of sp³-hybridized carbons (Fsp3) is 0.0952. The molecule has 0 unspecified atom stereocenters. The third-order valence-corrected chi connectivity index (χ3v) is 4.89. The van der Waals surface area contributed by atoms with Crippen LogP contribution < -0.4 is 5.01 Å². The van der Waals surface area contributed by atoms with E-state index in [0.717, 1.165) is 33.4 Å². The molecular formula is C21H16BrFN2. The van der Waals surface area contributed by atoms with E-state index in [9.17, 15) is 4.39 Å². The molecule has 4 heteroatoms. The van der Waals surface area contributed by atoms with Gasteiger partial charge in [-0.15, -0.1) is 0 Å². The smallest absolute Gasteiger partial charge is 0.123 e. The summed E-state index contributed by atoms with van der Waals surface area (Å²) in [4.78, 5) is 0. The molecular weight excluding hydrogens is 379 g/mol.